The highest BCUT2D eigenvalue weighted by atomic mass is 32.1. The Bertz CT molecular complexity index is 655. The summed E-state index contributed by atoms with van der Waals surface area (Å²) in [5, 5.41) is 2.68. The van der Waals surface area contributed by atoms with Crippen LogP contribution in [0.15, 0.2) is 29.3 Å². The summed E-state index contributed by atoms with van der Waals surface area (Å²) in [5.74, 6) is -1.74. The van der Waals surface area contributed by atoms with Gasteiger partial charge < -0.3 is 10.2 Å². The van der Waals surface area contributed by atoms with Gasteiger partial charge in [0.2, 0.25) is 5.91 Å². The fourth-order valence-corrected chi connectivity index (χ4v) is 2.61. The van der Waals surface area contributed by atoms with E-state index in [0.717, 1.165) is 18.5 Å². The zero-order chi connectivity index (χ0) is 17.7. The molecule has 0 bridgehead atoms. The number of anilines is 1. The van der Waals surface area contributed by atoms with E-state index in [1.807, 2.05) is 45.3 Å². The van der Waals surface area contributed by atoms with E-state index in [4.69, 9.17) is 12.2 Å². The van der Waals surface area contributed by atoms with Crippen LogP contribution in [0.3, 0.4) is 0 Å². The summed E-state index contributed by atoms with van der Waals surface area (Å²) in [4.78, 5) is 32.4. The van der Waals surface area contributed by atoms with Crippen molar-refractivity contribution in [1.82, 2.24) is 10.2 Å². The van der Waals surface area contributed by atoms with Gasteiger partial charge in [-0.3, -0.25) is 19.5 Å². The van der Waals surface area contributed by atoms with Gasteiger partial charge in [0.1, 0.15) is 0 Å². The lowest BCUT2D eigenvalue weighted by Crippen LogP contribution is -2.58. The van der Waals surface area contributed by atoms with Crippen LogP contribution < -0.4 is 10.2 Å². The second-order valence-corrected chi connectivity index (χ2v) is 6.38. The van der Waals surface area contributed by atoms with Crippen LogP contribution >= 0.6 is 12.2 Å². The summed E-state index contributed by atoms with van der Waals surface area (Å²) in [7, 11) is 3.98. The standard InChI is InChI=1S/C17H22N4O2S/c1-12-5-7-13(8-6-12)21-16(23)14(15(22)19-17(21)24)11-18-9-4-10-20(2)3/h5-8,11,14H,4,9-10H2,1-3H3,(H,19,22,24)/t14-/m1/s1. The monoisotopic (exact) mass is 346 g/mol. The maximum atomic E-state index is 12.7. The maximum absolute atomic E-state index is 12.7. The molecular formula is C17H22N4O2S. The largest absolute Gasteiger partial charge is 0.309 e. The molecule has 1 fully saturated rings. The van der Waals surface area contributed by atoms with Crippen LogP contribution in [-0.4, -0.2) is 55.2 Å². The average Bonchev–Trinajstić information content (AvgIpc) is 2.51. The molecule has 24 heavy (non-hydrogen) atoms. The first-order valence-corrected chi connectivity index (χ1v) is 8.21. The number of carbonyl (C=O) groups excluding carboxylic acids is 2. The lowest BCUT2D eigenvalue weighted by atomic mass is 10.1. The summed E-state index contributed by atoms with van der Waals surface area (Å²) >= 11 is 5.16. The molecule has 1 aromatic carbocycles. The Morgan fingerprint density at radius 3 is 2.58 bits per heavy atom. The molecule has 1 aliphatic heterocycles. The molecule has 6 nitrogen and oxygen atoms in total. The third-order valence-corrected chi connectivity index (χ3v) is 3.93. The summed E-state index contributed by atoms with van der Waals surface area (Å²) in [6, 6.07) is 7.41. The molecule has 128 valence electrons. The van der Waals surface area contributed by atoms with Gasteiger partial charge in [-0.1, -0.05) is 17.7 Å². The second kappa shape index (κ2) is 8.12. The van der Waals surface area contributed by atoms with E-state index < -0.39 is 11.8 Å². The van der Waals surface area contributed by atoms with Crippen LogP contribution in [0.5, 0.6) is 0 Å². The Labute approximate surface area is 147 Å². The van der Waals surface area contributed by atoms with Gasteiger partial charge in [-0.2, -0.15) is 0 Å². The highest BCUT2D eigenvalue weighted by Gasteiger charge is 2.38. The molecule has 0 unspecified atom stereocenters. The molecule has 1 heterocycles. The van der Waals surface area contributed by atoms with Crippen LogP contribution in [0.4, 0.5) is 5.69 Å². The van der Waals surface area contributed by atoms with Gasteiger partial charge in [0.15, 0.2) is 11.0 Å². The van der Waals surface area contributed by atoms with Crippen molar-refractivity contribution < 1.29 is 9.59 Å². The van der Waals surface area contributed by atoms with Crippen molar-refractivity contribution in [3.63, 3.8) is 0 Å². The van der Waals surface area contributed by atoms with Gasteiger partial charge in [-0.15, -0.1) is 0 Å². The summed E-state index contributed by atoms with van der Waals surface area (Å²) in [6.45, 7) is 3.44. The number of benzene rings is 1. The molecule has 0 radical (unpaired) electrons. The number of hydrogen-bond donors (Lipinski definition) is 1. The molecule has 7 heteroatoms. The van der Waals surface area contributed by atoms with E-state index in [2.05, 4.69) is 15.2 Å². The molecule has 2 amide bonds. The normalized spacial score (nSPS) is 18.6. The van der Waals surface area contributed by atoms with E-state index in [1.165, 1.54) is 11.1 Å². The molecule has 0 aliphatic carbocycles. The van der Waals surface area contributed by atoms with Gasteiger partial charge in [0.25, 0.3) is 5.91 Å². The number of aliphatic imine (C=N–C) groups is 1. The number of thiocarbonyl (C=S) groups is 1. The number of rotatable bonds is 6. The zero-order valence-electron chi connectivity index (χ0n) is 14.2. The smallest absolute Gasteiger partial charge is 0.251 e. The minimum absolute atomic E-state index is 0.103. The van der Waals surface area contributed by atoms with Crippen molar-refractivity contribution in [2.24, 2.45) is 10.9 Å². The molecule has 1 saturated heterocycles. The van der Waals surface area contributed by atoms with E-state index in [9.17, 15) is 9.59 Å². The Morgan fingerprint density at radius 2 is 1.96 bits per heavy atom. The third kappa shape index (κ3) is 4.46. The predicted octanol–water partition coefficient (Wildman–Crippen LogP) is 1.38. The van der Waals surface area contributed by atoms with Crippen LogP contribution in [0.2, 0.25) is 0 Å². The highest BCUT2D eigenvalue weighted by molar-refractivity contribution is 7.80. The molecular weight excluding hydrogens is 324 g/mol. The Hall–Kier alpha value is -2.12. The molecule has 0 aromatic heterocycles. The quantitative estimate of drug-likeness (QED) is 0.366. The summed E-state index contributed by atoms with van der Waals surface area (Å²) < 4.78 is 0. The number of amides is 2. The molecule has 1 N–H and O–H groups in total. The number of nitrogens with zero attached hydrogens (tertiary/aromatic N) is 3. The first kappa shape index (κ1) is 18.2. The van der Waals surface area contributed by atoms with Gasteiger partial charge in [0.05, 0.1) is 5.69 Å². The number of hydrogen-bond acceptors (Lipinski definition) is 5. The molecule has 1 atom stereocenters. The van der Waals surface area contributed by atoms with Crippen molar-refractivity contribution in [2.75, 3.05) is 32.1 Å². The van der Waals surface area contributed by atoms with Crippen LogP contribution in [0.25, 0.3) is 0 Å². The minimum Gasteiger partial charge on any atom is -0.309 e. The third-order valence-electron chi connectivity index (χ3n) is 3.64. The second-order valence-electron chi connectivity index (χ2n) is 5.99. The number of nitrogens with one attached hydrogen (secondary N) is 1. The van der Waals surface area contributed by atoms with E-state index in [-0.39, 0.29) is 11.0 Å². The molecule has 1 aromatic rings. The van der Waals surface area contributed by atoms with Gasteiger partial charge in [-0.25, -0.2) is 0 Å². The van der Waals surface area contributed by atoms with Crippen molar-refractivity contribution in [1.29, 1.82) is 0 Å². The van der Waals surface area contributed by atoms with Crippen LogP contribution in [-0.2, 0) is 9.59 Å². The molecule has 0 spiro atoms. The molecule has 2 rings (SSSR count). The van der Waals surface area contributed by atoms with Crippen LogP contribution in [0.1, 0.15) is 12.0 Å². The average molecular weight is 346 g/mol. The first-order chi connectivity index (χ1) is 11.4. The highest BCUT2D eigenvalue weighted by Crippen LogP contribution is 2.20. The van der Waals surface area contributed by atoms with Crippen LogP contribution in [0, 0.1) is 12.8 Å². The Kier molecular flexibility index (Phi) is 6.16. The zero-order valence-corrected chi connectivity index (χ0v) is 15.0. The summed E-state index contributed by atoms with van der Waals surface area (Å²) in [6.07, 6.45) is 2.29. The minimum atomic E-state index is -0.947. The fraction of sp³-hybridized carbons (Fsp3) is 0.412. The SMILES string of the molecule is Cc1ccc(N2C(=O)[C@H](C=NCCCN(C)C)C(=O)NC2=S)cc1. The van der Waals surface area contributed by atoms with E-state index in [1.54, 1.807) is 0 Å². The Balaban J connectivity index is 2.10. The first-order valence-electron chi connectivity index (χ1n) is 7.80. The number of aryl methyl sites for hydroxylation is 1. The van der Waals surface area contributed by atoms with Crippen molar-refractivity contribution >= 4 is 41.0 Å². The number of carbonyl (C=O) groups is 2. The lowest BCUT2D eigenvalue weighted by molar-refractivity contribution is -0.130. The van der Waals surface area contributed by atoms with E-state index >= 15 is 0 Å². The summed E-state index contributed by atoms with van der Waals surface area (Å²) in [5.41, 5.74) is 1.72. The Morgan fingerprint density at radius 1 is 1.29 bits per heavy atom. The predicted molar refractivity (Wildman–Crippen MR) is 99.4 cm³/mol. The molecule has 0 saturated carbocycles. The van der Waals surface area contributed by atoms with Crippen molar-refractivity contribution in [3.05, 3.63) is 29.8 Å². The topological polar surface area (TPSA) is 65.0 Å². The fourth-order valence-electron chi connectivity index (χ4n) is 2.32. The maximum Gasteiger partial charge on any atom is 0.251 e. The van der Waals surface area contributed by atoms with Crippen molar-refractivity contribution in [3.8, 4) is 0 Å². The van der Waals surface area contributed by atoms with Gasteiger partial charge in [0, 0.05) is 12.8 Å². The van der Waals surface area contributed by atoms with Crippen molar-refractivity contribution in [2.45, 2.75) is 13.3 Å². The van der Waals surface area contributed by atoms with Gasteiger partial charge >= 0.3 is 0 Å². The molecule has 1 aliphatic rings. The van der Waals surface area contributed by atoms with E-state index in [0.29, 0.717) is 12.2 Å². The lowest BCUT2D eigenvalue weighted by Gasteiger charge is -2.31. The van der Waals surface area contributed by atoms with Gasteiger partial charge in [-0.05, 0) is 58.3 Å².